The van der Waals surface area contributed by atoms with Crippen molar-refractivity contribution in [2.75, 3.05) is 11.6 Å². The summed E-state index contributed by atoms with van der Waals surface area (Å²) >= 11 is 1.09. The van der Waals surface area contributed by atoms with Crippen molar-refractivity contribution in [1.82, 2.24) is 4.31 Å². The van der Waals surface area contributed by atoms with Crippen molar-refractivity contribution in [1.29, 1.82) is 0 Å². The van der Waals surface area contributed by atoms with Crippen LogP contribution in [-0.2, 0) is 21.0 Å². The van der Waals surface area contributed by atoms with Crippen LogP contribution in [-0.4, -0.2) is 41.5 Å². The monoisotopic (exact) mass is 341 g/mol. The van der Waals surface area contributed by atoms with Gasteiger partial charge in [-0.05, 0) is 18.2 Å². The number of thioether (sulfide) groups is 1. The van der Waals surface area contributed by atoms with Crippen molar-refractivity contribution in [2.24, 2.45) is 0 Å². The van der Waals surface area contributed by atoms with E-state index in [1.54, 1.807) is 0 Å². The summed E-state index contributed by atoms with van der Waals surface area (Å²) in [5.74, 6) is -1.36. The topological polar surface area (TPSA) is 74.7 Å². The largest absolute Gasteiger partial charge is 0.480 e. The molecule has 0 saturated carbocycles. The van der Waals surface area contributed by atoms with Gasteiger partial charge in [0.25, 0.3) is 0 Å². The molecule has 1 aromatic rings. The predicted molar refractivity (Wildman–Crippen MR) is 69.2 cm³/mol. The Balaban J connectivity index is 2.43. The molecule has 0 amide bonds. The van der Waals surface area contributed by atoms with Crippen LogP contribution in [0.5, 0.6) is 0 Å². The van der Waals surface area contributed by atoms with Crippen molar-refractivity contribution in [3.8, 4) is 0 Å². The van der Waals surface area contributed by atoms with E-state index in [0.717, 1.165) is 30.0 Å². The van der Waals surface area contributed by atoms with E-state index >= 15 is 0 Å². The number of halogens is 3. The molecule has 0 aliphatic carbocycles. The van der Waals surface area contributed by atoms with Gasteiger partial charge in [-0.15, -0.1) is 11.8 Å². The maximum Gasteiger partial charge on any atom is 0.416 e. The zero-order valence-corrected chi connectivity index (χ0v) is 12.0. The number of rotatable bonds is 3. The number of alkyl halides is 3. The van der Waals surface area contributed by atoms with Crippen LogP contribution in [0.2, 0.25) is 0 Å². The maximum atomic E-state index is 12.6. The lowest BCUT2D eigenvalue weighted by Gasteiger charge is -2.20. The predicted octanol–water partition coefficient (Wildman–Crippen LogP) is 1.85. The lowest BCUT2D eigenvalue weighted by molar-refractivity contribution is -0.140. The summed E-state index contributed by atoms with van der Waals surface area (Å²) in [5, 5.41) is 8.98. The molecule has 1 atom stereocenters. The van der Waals surface area contributed by atoms with Gasteiger partial charge in [-0.3, -0.25) is 4.79 Å². The highest BCUT2D eigenvalue weighted by atomic mass is 32.2. The molecule has 0 radical (unpaired) electrons. The fraction of sp³-hybridized carbons (Fsp3) is 0.364. The van der Waals surface area contributed by atoms with Gasteiger partial charge in [-0.2, -0.15) is 17.5 Å². The molecule has 1 aromatic carbocycles. The van der Waals surface area contributed by atoms with Gasteiger partial charge in [0, 0.05) is 5.75 Å². The summed E-state index contributed by atoms with van der Waals surface area (Å²) in [6.45, 7) is 0. The van der Waals surface area contributed by atoms with E-state index in [2.05, 4.69) is 0 Å². The number of sulfonamides is 1. The number of aliphatic carboxylic acids is 1. The highest BCUT2D eigenvalue weighted by molar-refractivity contribution is 8.00. The average Bonchev–Trinajstić information content (AvgIpc) is 2.88. The van der Waals surface area contributed by atoms with E-state index in [4.69, 9.17) is 5.11 Å². The molecule has 2 rings (SSSR count). The first-order valence-corrected chi connectivity index (χ1v) is 8.23. The Bertz CT molecular complexity index is 660. The Morgan fingerprint density at radius 3 is 2.62 bits per heavy atom. The summed E-state index contributed by atoms with van der Waals surface area (Å²) in [7, 11) is -4.28. The third kappa shape index (κ3) is 3.16. The van der Waals surface area contributed by atoms with Crippen molar-refractivity contribution < 1.29 is 31.5 Å². The van der Waals surface area contributed by atoms with Gasteiger partial charge in [0.2, 0.25) is 10.0 Å². The van der Waals surface area contributed by atoms with Gasteiger partial charge < -0.3 is 5.11 Å². The van der Waals surface area contributed by atoms with Gasteiger partial charge >= 0.3 is 12.1 Å². The normalized spacial score (nSPS) is 20.6. The average molecular weight is 341 g/mol. The minimum atomic E-state index is -4.67. The Morgan fingerprint density at radius 1 is 1.38 bits per heavy atom. The van der Waals surface area contributed by atoms with Crippen LogP contribution >= 0.6 is 11.8 Å². The molecule has 21 heavy (non-hydrogen) atoms. The molecule has 0 aromatic heterocycles. The van der Waals surface area contributed by atoms with Crippen LogP contribution < -0.4 is 0 Å². The van der Waals surface area contributed by atoms with Crippen LogP contribution in [0.25, 0.3) is 0 Å². The number of carbonyl (C=O) groups is 1. The van der Waals surface area contributed by atoms with Crippen LogP contribution in [0.3, 0.4) is 0 Å². The highest BCUT2D eigenvalue weighted by Crippen LogP contribution is 2.33. The summed E-state index contributed by atoms with van der Waals surface area (Å²) in [4.78, 5) is 10.5. The zero-order valence-electron chi connectivity index (χ0n) is 10.4. The van der Waals surface area contributed by atoms with E-state index in [0.29, 0.717) is 10.4 Å². The summed E-state index contributed by atoms with van der Waals surface area (Å²) < 4.78 is 63.2. The Labute approximate surface area is 122 Å². The zero-order chi connectivity index (χ0) is 15.8. The molecule has 0 bridgehead atoms. The van der Waals surface area contributed by atoms with Gasteiger partial charge in [-0.1, -0.05) is 6.07 Å². The SMILES string of the molecule is O=C(O)C1CSCN1S(=O)(=O)c1cccc(C(F)(F)F)c1. The molecule has 1 saturated heterocycles. The minimum absolute atomic E-state index is 0.0630. The Kier molecular flexibility index (Phi) is 4.22. The third-order valence-electron chi connectivity index (χ3n) is 2.89. The van der Waals surface area contributed by atoms with Crippen molar-refractivity contribution in [3.63, 3.8) is 0 Å². The Hall–Kier alpha value is -1.26. The van der Waals surface area contributed by atoms with E-state index in [1.165, 1.54) is 0 Å². The quantitative estimate of drug-likeness (QED) is 0.908. The molecule has 10 heteroatoms. The molecule has 1 aliphatic rings. The van der Waals surface area contributed by atoms with Crippen molar-refractivity contribution in [2.45, 2.75) is 17.1 Å². The molecule has 1 fully saturated rings. The summed E-state index contributed by atoms with van der Waals surface area (Å²) in [6.07, 6.45) is -4.67. The number of carboxylic acid groups (broad SMARTS) is 1. The third-order valence-corrected chi connectivity index (χ3v) is 5.92. The second-order valence-corrected chi connectivity index (χ2v) is 7.16. The smallest absolute Gasteiger partial charge is 0.416 e. The second-order valence-electron chi connectivity index (χ2n) is 4.27. The first-order chi connectivity index (χ1) is 9.64. The van der Waals surface area contributed by atoms with Gasteiger partial charge in [0.15, 0.2) is 0 Å². The molecular weight excluding hydrogens is 331 g/mol. The second kappa shape index (κ2) is 5.50. The molecule has 5 nitrogen and oxygen atoms in total. The van der Waals surface area contributed by atoms with Crippen LogP contribution in [0.1, 0.15) is 5.56 Å². The number of hydrogen-bond donors (Lipinski definition) is 1. The fourth-order valence-corrected chi connectivity index (χ4v) is 5.01. The molecule has 1 heterocycles. The fourth-order valence-electron chi connectivity index (χ4n) is 1.83. The van der Waals surface area contributed by atoms with E-state index in [9.17, 15) is 26.4 Å². The van der Waals surface area contributed by atoms with Gasteiger partial charge in [0.05, 0.1) is 16.3 Å². The highest BCUT2D eigenvalue weighted by Gasteiger charge is 2.41. The lowest BCUT2D eigenvalue weighted by atomic mass is 10.2. The molecule has 116 valence electrons. The van der Waals surface area contributed by atoms with Gasteiger partial charge in [0.1, 0.15) is 6.04 Å². The van der Waals surface area contributed by atoms with Crippen LogP contribution in [0.15, 0.2) is 29.2 Å². The summed E-state index contributed by atoms with van der Waals surface area (Å²) in [5.41, 5.74) is -1.10. The molecule has 1 N–H and O–H groups in total. The van der Waals surface area contributed by atoms with Crippen LogP contribution in [0, 0.1) is 0 Å². The number of carboxylic acids is 1. The van der Waals surface area contributed by atoms with E-state index < -0.39 is 38.7 Å². The number of benzene rings is 1. The minimum Gasteiger partial charge on any atom is -0.480 e. The standard InChI is InChI=1S/C11H10F3NO4S2/c12-11(13,14)7-2-1-3-8(4-7)21(18,19)15-6-20-5-9(15)10(16)17/h1-4,9H,5-6H2,(H,16,17). The van der Waals surface area contributed by atoms with E-state index in [-0.39, 0.29) is 11.6 Å². The number of nitrogens with zero attached hydrogens (tertiary/aromatic N) is 1. The first kappa shape index (κ1) is 16.1. The summed E-state index contributed by atoms with van der Waals surface area (Å²) in [6, 6.07) is 2.00. The van der Waals surface area contributed by atoms with Crippen molar-refractivity contribution >= 4 is 27.8 Å². The van der Waals surface area contributed by atoms with Crippen LogP contribution in [0.4, 0.5) is 13.2 Å². The maximum absolute atomic E-state index is 12.6. The van der Waals surface area contributed by atoms with Crippen molar-refractivity contribution in [3.05, 3.63) is 29.8 Å². The van der Waals surface area contributed by atoms with Gasteiger partial charge in [-0.25, -0.2) is 8.42 Å². The first-order valence-electron chi connectivity index (χ1n) is 5.63. The molecule has 1 aliphatic heterocycles. The molecule has 0 spiro atoms. The van der Waals surface area contributed by atoms with E-state index in [1.807, 2.05) is 0 Å². The Morgan fingerprint density at radius 2 is 2.05 bits per heavy atom. The lowest BCUT2D eigenvalue weighted by Crippen LogP contribution is -2.41. The number of hydrogen-bond acceptors (Lipinski definition) is 4. The molecular formula is C11H10F3NO4S2. The molecule has 1 unspecified atom stereocenters.